The second-order valence-electron chi connectivity index (χ2n) is 5.08. The average molecular weight is 312 g/mol. The lowest BCUT2D eigenvalue weighted by atomic mass is 10.1. The van der Waals surface area contributed by atoms with E-state index in [9.17, 15) is 9.59 Å². The van der Waals surface area contributed by atoms with Crippen molar-refractivity contribution in [2.45, 2.75) is 19.4 Å². The van der Waals surface area contributed by atoms with Gasteiger partial charge in [-0.05, 0) is 12.5 Å². The number of benzene rings is 1. The first-order valence-electron chi connectivity index (χ1n) is 6.97. The minimum atomic E-state index is -0.118. The van der Waals surface area contributed by atoms with Gasteiger partial charge >= 0.3 is 0 Å². The van der Waals surface area contributed by atoms with Crippen molar-refractivity contribution in [3.8, 4) is 0 Å². The Labute approximate surface area is 131 Å². The molecule has 1 unspecified atom stereocenters. The van der Waals surface area contributed by atoms with Crippen LogP contribution in [0.4, 0.5) is 0 Å². The molecule has 2 rings (SSSR count). The standard InChI is InChI=1S/C15H21N3O2.ClH/c1-12-10-16-7-8-18(12)15(20)11-17-14(19)9-13-5-3-2-4-6-13;/h2-6,12,16H,7-11H2,1H3,(H,17,19);1H. The van der Waals surface area contributed by atoms with Gasteiger partial charge in [0.15, 0.2) is 0 Å². The molecule has 0 aromatic heterocycles. The number of amides is 2. The minimum Gasteiger partial charge on any atom is -0.347 e. The normalized spacial score (nSPS) is 17.8. The van der Waals surface area contributed by atoms with Crippen molar-refractivity contribution in [3.63, 3.8) is 0 Å². The summed E-state index contributed by atoms with van der Waals surface area (Å²) in [6.45, 7) is 4.41. The number of piperazine rings is 1. The Kier molecular flexibility index (Phi) is 7.19. The molecule has 1 fully saturated rings. The zero-order chi connectivity index (χ0) is 14.4. The lowest BCUT2D eigenvalue weighted by Gasteiger charge is -2.34. The van der Waals surface area contributed by atoms with E-state index in [0.29, 0.717) is 13.0 Å². The summed E-state index contributed by atoms with van der Waals surface area (Å²) in [5.74, 6) is -0.132. The third kappa shape index (κ3) is 5.36. The Bertz CT molecular complexity index is 467. The van der Waals surface area contributed by atoms with E-state index in [-0.39, 0.29) is 36.8 Å². The number of nitrogens with zero attached hydrogens (tertiary/aromatic N) is 1. The van der Waals surface area contributed by atoms with Crippen LogP contribution in [-0.4, -0.2) is 48.9 Å². The van der Waals surface area contributed by atoms with Crippen LogP contribution in [0.25, 0.3) is 0 Å². The number of rotatable bonds is 4. The summed E-state index contributed by atoms with van der Waals surface area (Å²) < 4.78 is 0. The van der Waals surface area contributed by atoms with E-state index in [0.717, 1.165) is 18.7 Å². The molecular formula is C15H22ClN3O2. The van der Waals surface area contributed by atoms with Crippen LogP contribution >= 0.6 is 12.4 Å². The second kappa shape index (κ2) is 8.64. The van der Waals surface area contributed by atoms with Crippen molar-refractivity contribution >= 4 is 24.2 Å². The number of hydrogen-bond donors (Lipinski definition) is 2. The third-order valence-electron chi connectivity index (χ3n) is 3.47. The van der Waals surface area contributed by atoms with Gasteiger partial charge in [0.25, 0.3) is 0 Å². The van der Waals surface area contributed by atoms with Crippen molar-refractivity contribution in [3.05, 3.63) is 35.9 Å². The summed E-state index contributed by atoms with van der Waals surface area (Å²) >= 11 is 0. The average Bonchev–Trinajstić information content (AvgIpc) is 2.46. The van der Waals surface area contributed by atoms with E-state index in [4.69, 9.17) is 0 Å². The molecule has 1 heterocycles. The zero-order valence-electron chi connectivity index (χ0n) is 12.2. The molecule has 0 saturated carbocycles. The molecule has 1 aliphatic heterocycles. The zero-order valence-corrected chi connectivity index (χ0v) is 13.0. The Morgan fingerprint density at radius 2 is 2.05 bits per heavy atom. The van der Waals surface area contributed by atoms with Gasteiger partial charge in [-0.25, -0.2) is 0 Å². The summed E-state index contributed by atoms with van der Waals surface area (Å²) in [6.07, 6.45) is 0.311. The largest absolute Gasteiger partial charge is 0.347 e. The van der Waals surface area contributed by atoms with Gasteiger partial charge in [0, 0.05) is 25.7 Å². The molecule has 0 radical (unpaired) electrons. The number of halogens is 1. The molecule has 1 aromatic rings. The molecule has 2 amide bonds. The van der Waals surface area contributed by atoms with Gasteiger partial charge in [-0.2, -0.15) is 0 Å². The molecule has 21 heavy (non-hydrogen) atoms. The van der Waals surface area contributed by atoms with Crippen molar-refractivity contribution in [2.24, 2.45) is 0 Å². The predicted octanol–water partition coefficient (Wildman–Crippen LogP) is 0.587. The maximum Gasteiger partial charge on any atom is 0.242 e. The molecule has 1 atom stereocenters. The topological polar surface area (TPSA) is 61.4 Å². The lowest BCUT2D eigenvalue weighted by Crippen LogP contribution is -2.54. The molecule has 2 N–H and O–H groups in total. The molecule has 0 aliphatic carbocycles. The van der Waals surface area contributed by atoms with Crippen molar-refractivity contribution in [2.75, 3.05) is 26.2 Å². The minimum absolute atomic E-state index is 0. The Morgan fingerprint density at radius 3 is 2.71 bits per heavy atom. The maximum absolute atomic E-state index is 12.0. The van der Waals surface area contributed by atoms with E-state index in [1.54, 1.807) is 0 Å². The fraction of sp³-hybridized carbons (Fsp3) is 0.467. The van der Waals surface area contributed by atoms with Gasteiger partial charge in [0.2, 0.25) is 11.8 Å². The Morgan fingerprint density at radius 1 is 1.33 bits per heavy atom. The lowest BCUT2D eigenvalue weighted by molar-refractivity contribution is -0.135. The molecule has 6 heteroatoms. The van der Waals surface area contributed by atoms with Gasteiger partial charge in [-0.1, -0.05) is 30.3 Å². The third-order valence-corrected chi connectivity index (χ3v) is 3.47. The highest BCUT2D eigenvalue weighted by molar-refractivity contribution is 5.86. The summed E-state index contributed by atoms with van der Waals surface area (Å²) in [5, 5.41) is 5.93. The van der Waals surface area contributed by atoms with Crippen molar-refractivity contribution in [1.82, 2.24) is 15.5 Å². The maximum atomic E-state index is 12.0. The number of carbonyl (C=O) groups is 2. The summed E-state index contributed by atoms with van der Waals surface area (Å²) in [6, 6.07) is 9.70. The number of hydrogen-bond acceptors (Lipinski definition) is 3. The Balaban J connectivity index is 0.00000220. The number of nitrogens with one attached hydrogen (secondary N) is 2. The van der Waals surface area contributed by atoms with E-state index in [2.05, 4.69) is 10.6 Å². The van der Waals surface area contributed by atoms with Crippen LogP contribution in [0.5, 0.6) is 0 Å². The molecule has 116 valence electrons. The van der Waals surface area contributed by atoms with Gasteiger partial charge in [0.1, 0.15) is 0 Å². The highest BCUT2D eigenvalue weighted by Crippen LogP contribution is 2.02. The first-order chi connectivity index (χ1) is 9.66. The SMILES string of the molecule is CC1CNCCN1C(=O)CNC(=O)Cc1ccccc1.Cl. The molecule has 0 spiro atoms. The predicted molar refractivity (Wildman–Crippen MR) is 84.4 cm³/mol. The highest BCUT2D eigenvalue weighted by Gasteiger charge is 2.22. The summed E-state index contributed by atoms with van der Waals surface area (Å²) in [4.78, 5) is 25.7. The van der Waals surface area contributed by atoms with Gasteiger partial charge < -0.3 is 15.5 Å². The van der Waals surface area contributed by atoms with Gasteiger partial charge in [0.05, 0.1) is 13.0 Å². The number of carbonyl (C=O) groups excluding carboxylic acids is 2. The van der Waals surface area contributed by atoms with Crippen LogP contribution in [0, 0.1) is 0 Å². The monoisotopic (exact) mass is 311 g/mol. The first-order valence-corrected chi connectivity index (χ1v) is 6.97. The fourth-order valence-corrected chi connectivity index (χ4v) is 2.33. The molecule has 5 nitrogen and oxygen atoms in total. The van der Waals surface area contributed by atoms with Crippen molar-refractivity contribution in [1.29, 1.82) is 0 Å². The van der Waals surface area contributed by atoms with Gasteiger partial charge in [-0.15, -0.1) is 12.4 Å². The smallest absolute Gasteiger partial charge is 0.242 e. The molecule has 0 bridgehead atoms. The van der Waals surface area contributed by atoms with Crippen LogP contribution in [0.1, 0.15) is 12.5 Å². The van der Waals surface area contributed by atoms with Crippen molar-refractivity contribution < 1.29 is 9.59 Å². The molecule has 1 saturated heterocycles. The summed E-state index contributed by atoms with van der Waals surface area (Å²) in [7, 11) is 0. The van der Waals surface area contributed by atoms with Crippen LogP contribution in [0.3, 0.4) is 0 Å². The van der Waals surface area contributed by atoms with Crippen LogP contribution in [0.15, 0.2) is 30.3 Å². The van der Waals surface area contributed by atoms with E-state index in [1.807, 2.05) is 42.2 Å². The summed E-state index contributed by atoms with van der Waals surface area (Å²) in [5.41, 5.74) is 0.952. The molecular weight excluding hydrogens is 290 g/mol. The van der Waals surface area contributed by atoms with Crippen LogP contribution in [0.2, 0.25) is 0 Å². The molecule has 1 aromatic carbocycles. The van der Waals surface area contributed by atoms with E-state index >= 15 is 0 Å². The molecule has 1 aliphatic rings. The van der Waals surface area contributed by atoms with E-state index in [1.165, 1.54) is 0 Å². The van der Waals surface area contributed by atoms with Gasteiger partial charge in [-0.3, -0.25) is 9.59 Å². The van der Waals surface area contributed by atoms with E-state index < -0.39 is 0 Å². The van der Waals surface area contributed by atoms with Crippen LogP contribution in [-0.2, 0) is 16.0 Å². The van der Waals surface area contributed by atoms with Crippen LogP contribution < -0.4 is 10.6 Å². The Hall–Kier alpha value is -1.59. The first kappa shape index (κ1) is 17.5. The second-order valence-corrected chi connectivity index (χ2v) is 5.08. The highest BCUT2D eigenvalue weighted by atomic mass is 35.5. The fourth-order valence-electron chi connectivity index (χ4n) is 2.33. The quantitative estimate of drug-likeness (QED) is 0.855.